The van der Waals surface area contributed by atoms with Gasteiger partial charge in [0.2, 0.25) is 0 Å². The summed E-state index contributed by atoms with van der Waals surface area (Å²) in [5, 5.41) is 4.26. The van der Waals surface area contributed by atoms with E-state index >= 15 is 0 Å². The van der Waals surface area contributed by atoms with Gasteiger partial charge in [-0.1, -0.05) is 23.8 Å². The maximum absolute atomic E-state index is 5.98. The number of hydrogen-bond acceptors (Lipinski definition) is 3. The average Bonchev–Trinajstić information content (AvgIpc) is 3.09. The molecule has 0 aliphatic heterocycles. The second-order valence-corrected chi connectivity index (χ2v) is 6.10. The first kappa shape index (κ1) is 14.0. The SMILES string of the molecule is Cc1ccc(-c2ncn(Cc3ccsc3)c2CN)c(C)c1. The number of thiophene rings is 1. The molecule has 2 heterocycles. The molecule has 0 bridgehead atoms. The van der Waals surface area contributed by atoms with E-state index in [2.05, 4.69) is 58.4 Å². The van der Waals surface area contributed by atoms with Crippen LogP contribution in [-0.2, 0) is 13.1 Å². The van der Waals surface area contributed by atoms with E-state index < -0.39 is 0 Å². The zero-order valence-electron chi connectivity index (χ0n) is 12.3. The van der Waals surface area contributed by atoms with Crippen molar-refractivity contribution in [2.45, 2.75) is 26.9 Å². The van der Waals surface area contributed by atoms with Gasteiger partial charge in [0, 0.05) is 18.7 Å². The summed E-state index contributed by atoms with van der Waals surface area (Å²) in [6, 6.07) is 8.59. The van der Waals surface area contributed by atoms with Crippen molar-refractivity contribution in [2.24, 2.45) is 5.73 Å². The van der Waals surface area contributed by atoms with Gasteiger partial charge in [-0.3, -0.25) is 0 Å². The molecule has 2 N–H and O–H groups in total. The van der Waals surface area contributed by atoms with Crippen molar-refractivity contribution in [1.82, 2.24) is 9.55 Å². The van der Waals surface area contributed by atoms with Crippen molar-refractivity contribution in [3.8, 4) is 11.3 Å². The molecule has 3 rings (SSSR count). The Labute approximate surface area is 129 Å². The lowest BCUT2D eigenvalue weighted by atomic mass is 10.0. The van der Waals surface area contributed by atoms with Gasteiger partial charge in [-0.25, -0.2) is 4.98 Å². The van der Waals surface area contributed by atoms with E-state index in [4.69, 9.17) is 5.73 Å². The molecule has 0 unspecified atom stereocenters. The minimum Gasteiger partial charge on any atom is -0.328 e. The summed E-state index contributed by atoms with van der Waals surface area (Å²) in [6.45, 7) is 5.55. The van der Waals surface area contributed by atoms with Gasteiger partial charge in [-0.15, -0.1) is 0 Å². The molecule has 0 amide bonds. The molecule has 108 valence electrons. The van der Waals surface area contributed by atoms with Crippen LogP contribution in [0.1, 0.15) is 22.4 Å². The predicted octanol–water partition coefficient (Wildman–Crippen LogP) is 3.74. The van der Waals surface area contributed by atoms with Crippen LogP contribution in [0.4, 0.5) is 0 Å². The van der Waals surface area contributed by atoms with Gasteiger partial charge in [0.15, 0.2) is 0 Å². The van der Waals surface area contributed by atoms with Crippen LogP contribution in [0.25, 0.3) is 11.3 Å². The van der Waals surface area contributed by atoms with Crippen LogP contribution in [0.15, 0.2) is 41.4 Å². The zero-order valence-corrected chi connectivity index (χ0v) is 13.2. The van der Waals surface area contributed by atoms with Crippen LogP contribution in [0, 0.1) is 13.8 Å². The summed E-state index contributed by atoms with van der Waals surface area (Å²) >= 11 is 1.71. The Balaban J connectivity index is 2.01. The smallest absolute Gasteiger partial charge is 0.0959 e. The number of imidazole rings is 1. The zero-order chi connectivity index (χ0) is 14.8. The van der Waals surface area contributed by atoms with Crippen LogP contribution in [0.5, 0.6) is 0 Å². The molecular formula is C17H19N3S. The second kappa shape index (κ2) is 5.84. The number of benzene rings is 1. The molecule has 2 aromatic heterocycles. The first-order valence-electron chi connectivity index (χ1n) is 7.02. The van der Waals surface area contributed by atoms with E-state index in [1.165, 1.54) is 22.3 Å². The minimum atomic E-state index is 0.493. The molecule has 0 aliphatic carbocycles. The number of rotatable bonds is 4. The Morgan fingerprint density at radius 2 is 2.10 bits per heavy atom. The van der Waals surface area contributed by atoms with Gasteiger partial charge in [0.1, 0.15) is 0 Å². The van der Waals surface area contributed by atoms with Crippen LogP contribution in [0.2, 0.25) is 0 Å². The maximum Gasteiger partial charge on any atom is 0.0959 e. The Hall–Kier alpha value is -1.91. The lowest BCUT2D eigenvalue weighted by Gasteiger charge is -2.09. The molecule has 4 heteroatoms. The molecule has 0 saturated heterocycles. The molecule has 1 aromatic carbocycles. The highest BCUT2D eigenvalue weighted by molar-refractivity contribution is 7.07. The predicted molar refractivity (Wildman–Crippen MR) is 88.4 cm³/mol. The molecular weight excluding hydrogens is 278 g/mol. The number of hydrogen-bond donors (Lipinski definition) is 1. The van der Waals surface area contributed by atoms with Crippen LogP contribution >= 0.6 is 11.3 Å². The molecule has 0 atom stereocenters. The Morgan fingerprint density at radius 1 is 1.24 bits per heavy atom. The highest BCUT2D eigenvalue weighted by Crippen LogP contribution is 2.26. The minimum absolute atomic E-state index is 0.493. The van der Waals surface area contributed by atoms with E-state index in [1.807, 2.05) is 6.33 Å². The second-order valence-electron chi connectivity index (χ2n) is 5.32. The Kier molecular flexibility index (Phi) is 3.90. The molecule has 21 heavy (non-hydrogen) atoms. The number of nitrogens with two attached hydrogens (primary N) is 1. The van der Waals surface area contributed by atoms with Crippen LogP contribution < -0.4 is 5.73 Å². The van der Waals surface area contributed by atoms with Gasteiger partial charge >= 0.3 is 0 Å². The van der Waals surface area contributed by atoms with E-state index in [-0.39, 0.29) is 0 Å². The average molecular weight is 297 g/mol. The number of aryl methyl sites for hydroxylation is 2. The van der Waals surface area contributed by atoms with Crippen LogP contribution in [-0.4, -0.2) is 9.55 Å². The fourth-order valence-electron chi connectivity index (χ4n) is 2.64. The molecule has 3 nitrogen and oxygen atoms in total. The van der Waals surface area contributed by atoms with Crippen molar-refractivity contribution in [3.05, 3.63) is 63.7 Å². The highest BCUT2D eigenvalue weighted by Gasteiger charge is 2.13. The number of nitrogens with zero attached hydrogens (tertiary/aromatic N) is 2. The summed E-state index contributed by atoms with van der Waals surface area (Å²) in [5.74, 6) is 0. The normalized spacial score (nSPS) is 11.0. The monoisotopic (exact) mass is 297 g/mol. The number of aromatic nitrogens is 2. The Morgan fingerprint density at radius 3 is 2.76 bits per heavy atom. The third-order valence-electron chi connectivity index (χ3n) is 3.71. The lowest BCUT2D eigenvalue weighted by Crippen LogP contribution is -2.08. The largest absolute Gasteiger partial charge is 0.328 e. The first-order chi connectivity index (χ1) is 10.2. The maximum atomic E-state index is 5.98. The molecule has 3 aromatic rings. The molecule has 0 saturated carbocycles. The molecule has 0 aliphatic rings. The third-order valence-corrected chi connectivity index (χ3v) is 4.44. The fourth-order valence-corrected chi connectivity index (χ4v) is 3.30. The van der Waals surface area contributed by atoms with Gasteiger partial charge in [-0.05, 0) is 41.8 Å². The van der Waals surface area contributed by atoms with E-state index in [1.54, 1.807) is 11.3 Å². The fraction of sp³-hybridized carbons (Fsp3) is 0.235. The summed E-state index contributed by atoms with van der Waals surface area (Å²) < 4.78 is 2.15. The molecule has 0 spiro atoms. The van der Waals surface area contributed by atoms with Crippen molar-refractivity contribution in [3.63, 3.8) is 0 Å². The van der Waals surface area contributed by atoms with Gasteiger partial charge in [-0.2, -0.15) is 11.3 Å². The summed E-state index contributed by atoms with van der Waals surface area (Å²) in [4.78, 5) is 4.61. The summed E-state index contributed by atoms with van der Waals surface area (Å²) in [7, 11) is 0. The van der Waals surface area contributed by atoms with Crippen molar-refractivity contribution < 1.29 is 0 Å². The quantitative estimate of drug-likeness (QED) is 0.797. The first-order valence-corrected chi connectivity index (χ1v) is 7.96. The summed E-state index contributed by atoms with van der Waals surface area (Å²) in [6.07, 6.45) is 1.90. The molecule has 0 radical (unpaired) electrons. The van der Waals surface area contributed by atoms with Crippen molar-refractivity contribution >= 4 is 11.3 Å². The van der Waals surface area contributed by atoms with Gasteiger partial charge < -0.3 is 10.3 Å². The van der Waals surface area contributed by atoms with E-state index in [0.29, 0.717) is 6.54 Å². The third kappa shape index (κ3) is 2.77. The van der Waals surface area contributed by atoms with E-state index in [9.17, 15) is 0 Å². The standard InChI is InChI=1S/C17H19N3S/c1-12-3-4-15(13(2)7-12)17-16(8-18)20(11-19-17)9-14-5-6-21-10-14/h3-7,10-11H,8-9,18H2,1-2H3. The molecule has 0 fully saturated rings. The highest BCUT2D eigenvalue weighted by atomic mass is 32.1. The van der Waals surface area contributed by atoms with E-state index in [0.717, 1.165) is 17.9 Å². The van der Waals surface area contributed by atoms with Gasteiger partial charge in [0.05, 0.1) is 17.7 Å². The van der Waals surface area contributed by atoms with Crippen molar-refractivity contribution in [1.29, 1.82) is 0 Å². The topological polar surface area (TPSA) is 43.8 Å². The van der Waals surface area contributed by atoms with Gasteiger partial charge in [0.25, 0.3) is 0 Å². The van der Waals surface area contributed by atoms with Crippen molar-refractivity contribution in [2.75, 3.05) is 0 Å². The summed E-state index contributed by atoms with van der Waals surface area (Å²) in [5.41, 5.74) is 13.1. The Bertz CT molecular complexity index is 741. The van der Waals surface area contributed by atoms with Crippen LogP contribution in [0.3, 0.4) is 0 Å². The lowest BCUT2D eigenvalue weighted by molar-refractivity contribution is 0.743.